The third-order valence-corrected chi connectivity index (χ3v) is 9.29. The zero-order valence-electron chi connectivity index (χ0n) is 23.9. The van der Waals surface area contributed by atoms with Crippen molar-refractivity contribution in [3.63, 3.8) is 0 Å². The van der Waals surface area contributed by atoms with Gasteiger partial charge in [0.05, 0.1) is 0 Å². The fourth-order valence-electron chi connectivity index (χ4n) is 6.71. The fourth-order valence-corrected chi connectivity index (χ4v) is 6.94. The summed E-state index contributed by atoms with van der Waals surface area (Å²) in [6.45, 7) is 7.52. The average Bonchev–Trinajstić information content (AvgIpc) is 3.54. The molecule has 2 aromatic carbocycles. The summed E-state index contributed by atoms with van der Waals surface area (Å²) in [6, 6.07) is 11.7. The maximum atomic E-state index is 13.6. The number of ether oxygens (including phenoxy) is 1. The average molecular weight is 580 g/mol. The van der Waals surface area contributed by atoms with E-state index >= 15 is 0 Å². The number of hydrogen-bond donors (Lipinski definition) is 2. The summed E-state index contributed by atoms with van der Waals surface area (Å²) in [5, 5.41) is 7.31. The fraction of sp³-hybridized carbons (Fsp3) is 0.562. The monoisotopic (exact) mass is 579 g/mol. The molecule has 1 saturated carbocycles. The number of nitrogens with one attached hydrogen (secondary N) is 2. The van der Waals surface area contributed by atoms with Gasteiger partial charge in [0.25, 0.3) is 11.8 Å². The Labute approximate surface area is 248 Å². The van der Waals surface area contributed by atoms with E-state index in [1.54, 1.807) is 6.07 Å². The first-order valence-corrected chi connectivity index (χ1v) is 15.8. The van der Waals surface area contributed by atoms with Crippen molar-refractivity contribution in [1.29, 1.82) is 0 Å². The van der Waals surface area contributed by atoms with E-state index in [-0.39, 0.29) is 17.9 Å². The van der Waals surface area contributed by atoms with E-state index < -0.39 is 0 Å². The van der Waals surface area contributed by atoms with Gasteiger partial charge in [-0.15, -0.1) is 0 Å². The van der Waals surface area contributed by atoms with Crippen LogP contribution in [0.2, 0.25) is 5.02 Å². The normalized spacial score (nSPS) is 22.2. The van der Waals surface area contributed by atoms with Crippen molar-refractivity contribution >= 4 is 29.1 Å². The highest BCUT2D eigenvalue weighted by atomic mass is 35.5. The van der Waals surface area contributed by atoms with Crippen molar-refractivity contribution in [2.45, 2.75) is 50.5 Å². The van der Waals surface area contributed by atoms with Gasteiger partial charge in [0, 0.05) is 80.7 Å². The lowest BCUT2D eigenvalue weighted by Crippen LogP contribution is -2.50. The van der Waals surface area contributed by atoms with E-state index in [4.69, 9.17) is 16.3 Å². The summed E-state index contributed by atoms with van der Waals surface area (Å²) in [7, 11) is 0. The molecule has 0 aromatic heterocycles. The van der Waals surface area contributed by atoms with Crippen LogP contribution in [0.5, 0.6) is 5.75 Å². The maximum absolute atomic E-state index is 13.6. The van der Waals surface area contributed by atoms with E-state index in [0.717, 1.165) is 75.5 Å². The van der Waals surface area contributed by atoms with Gasteiger partial charge in [0.1, 0.15) is 11.9 Å². The zero-order valence-corrected chi connectivity index (χ0v) is 24.6. The number of anilines is 1. The highest BCUT2D eigenvalue weighted by Gasteiger charge is 2.29. The van der Waals surface area contributed by atoms with E-state index in [9.17, 15) is 9.59 Å². The summed E-state index contributed by atoms with van der Waals surface area (Å²) in [6.07, 6.45) is 7.25. The topological polar surface area (TPSA) is 77.2 Å². The summed E-state index contributed by atoms with van der Waals surface area (Å²) in [5.41, 5.74) is 3.51. The van der Waals surface area contributed by atoms with Crippen LogP contribution in [0.15, 0.2) is 36.4 Å². The zero-order chi connectivity index (χ0) is 28.2. The molecular formula is C32H42ClN5O3. The molecule has 4 aliphatic rings. The van der Waals surface area contributed by atoms with Gasteiger partial charge in [0.2, 0.25) is 0 Å². The summed E-state index contributed by atoms with van der Waals surface area (Å²) in [4.78, 5) is 33.1. The second-order valence-corrected chi connectivity index (χ2v) is 12.3. The Hall–Kier alpha value is -2.81. The molecule has 0 spiro atoms. The Morgan fingerprint density at radius 2 is 1.46 bits per heavy atom. The Kier molecular flexibility index (Phi) is 8.98. The first kappa shape index (κ1) is 28.3. The third-order valence-electron chi connectivity index (χ3n) is 9.08. The molecule has 220 valence electrons. The highest BCUT2D eigenvalue weighted by Crippen LogP contribution is 2.39. The van der Waals surface area contributed by atoms with Crippen LogP contribution < -0.4 is 20.3 Å². The van der Waals surface area contributed by atoms with Gasteiger partial charge in [-0.3, -0.25) is 9.59 Å². The minimum atomic E-state index is -0.0292. The molecule has 2 aromatic rings. The van der Waals surface area contributed by atoms with Crippen LogP contribution in [0.4, 0.5) is 5.69 Å². The van der Waals surface area contributed by atoms with Crippen LogP contribution in [-0.4, -0.2) is 93.2 Å². The molecule has 2 N–H and O–H groups in total. The molecule has 3 saturated heterocycles. The largest absolute Gasteiger partial charge is 0.489 e. The number of nitrogens with zero attached hydrogens (tertiary/aromatic N) is 3. The molecule has 8 nitrogen and oxygen atoms in total. The lowest BCUT2D eigenvalue weighted by Gasteiger charge is -2.35. The highest BCUT2D eigenvalue weighted by molar-refractivity contribution is 6.31. The van der Waals surface area contributed by atoms with E-state index in [1.165, 1.54) is 24.8 Å². The van der Waals surface area contributed by atoms with Crippen molar-refractivity contribution in [3.8, 4) is 5.75 Å². The van der Waals surface area contributed by atoms with Gasteiger partial charge in [0.15, 0.2) is 0 Å². The molecule has 9 heteroatoms. The number of hydrogen-bond acceptors (Lipinski definition) is 6. The quantitative estimate of drug-likeness (QED) is 0.536. The molecule has 1 atom stereocenters. The van der Waals surface area contributed by atoms with Gasteiger partial charge < -0.3 is 30.1 Å². The molecule has 4 fully saturated rings. The third kappa shape index (κ3) is 6.65. The van der Waals surface area contributed by atoms with Crippen molar-refractivity contribution in [3.05, 3.63) is 58.1 Å². The molecule has 6 rings (SSSR count). The number of carbonyl (C=O) groups is 2. The van der Waals surface area contributed by atoms with Crippen LogP contribution in [0.1, 0.15) is 70.7 Å². The lowest BCUT2D eigenvalue weighted by molar-refractivity contribution is 0.0535. The lowest BCUT2D eigenvalue weighted by atomic mass is 9.83. The van der Waals surface area contributed by atoms with E-state index in [0.29, 0.717) is 42.7 Å². The second kappa shape index (κ2) is 13.0. The predicted molar refractivity (Wildman–Crippen MR) is 163 cm³/mol. The van der Waals surface area contributed by atoms with Gasteiger partial charge in [-0.05, 0) is 73.7 Å². The van der Waals surface area contributed by atoms with Crippen molar-refractivity contribution in [2.24, 2.45) is 0 Å². The summed E-state index contributed by atoms with van der Waals surface area (Å²) >= 11 is 6.43. The van der Waals surface area contributed by atoms with E-state index in [1.807, 2.05) is 34.1 Å². The van der Waals surface area contributed by atoms with Crippen molar-refractivity contribution in [1.82, 2.24) is 20.4 Å². The van der Waals surface area contributed by atoms with Gasteiger partial charge >= 0.3 is 0 Å². The summed E-state index contributed by atoms with van der Waals surface area (Å²) < 4.78 is 6.43. The number of halogens is 1. The molecule has 3 aliphatic heterocycles. The molecule has 1 aliphatic carbocycles. The first-order chi connectivity index (χ1) is 20.0. The number of benzene rings is 2. The van der Waals surface area contributed by atoms with Gasteiger partial charge in [-0.2, -0.15) is 0 Å². The van der Waals surface area contributed by atoms with Crippen LogP contribution >= 0.6 is 11.6 Å². The Balaban J connectivity index is 1.12. The SMILES string of the molecule is O=C(c1cc(Cl)cc(N2CCNCC2)c1)N1CCN(C(=O)c2ccc(O[C@H]3CCNC3)c(C3CCCCC3)c2)CC1. The molecule has 0 radical (unpaired) electrons. The predicted octanol–water partition coefficient (Wildman–Crippen LogP) is 4.14. The van der Waals surface area contributed by atoms with Crippen LogP contribution in [0.3, 0.4) is 0 Å². The van der Waals surface area contributed by atoms with Gasteiger partial charge in [-0.25, -0.2) is 0 Å². The minimum Gasteiger partial charge on any atom is -0.489 e. The molecule has 2 amide bonds. The Morgan fingerprint density at radius 1 is 0.756 bits per heavy atom. The van der Waals surface area contributed by atoms with Crippen molar-refractivity contribution in [2.75, 3.05) is 70.3 Å². The number of rotatable bonds is 6. The molecule has 41 heavy (non-hydrogen) atoms. The minimum absolute atomic E-state index is 0.0292. The van der Waals surface area contributed by atoms with E-state index in [2.05, 4.69) is 21.6 Å². The first-order valence-electron chi connectivity index (χ1n) is 15.4. The molecule has 0 unspecified atom stereocenters. The van der Waals surface area contributed by atoms with Crippen LogP contribution in [0.25, 0.3) is 0 Å². The number of piperazine rings is 2. The van der Waals surface area contributed by atoms with Crippen LogP contribution in [0, 0.1) is 0 Å². The molecular weight excluding hydrogens is 538 g/mol. The Bertz CT molecular complexity index is 1230. The molecule has 3 heterocycles. The summed E-state index contributed by atoms with van der Waals surface area (Å²) in [5.74, 6) is 1.39. The maximum Gasteiger partial charge on any atom is 0.254 e. The van der Waals surface area contributed by atoms with Crippen LogP contribution in [-0.2, 0) is 0 Å². The number of carbonyl (C=O) groups excluding carboxylic acids is 2. The second-order valence-electron chi connectivity index (χ2n) is 11.8. The number of amides is 2. The standard InChI is InChI=1S/C32H42ClN5O3/c33-26-18-25(19-27(21-26)36-12-10-34-11-13-36)32(40)38-16-14-37(15-17-38)31(39)24-6-7-30(41-28-8-9-35-22-28)29(20-24)23-4-2-1-3-5-23/h6-7,18-21,23,28,34-35H,1-5,8-17,22H2/t28-/m0/s1. The van der Waals surface area contributed by atoms with Crippen molar-refractivity contribution < 1.29 is 14.3 Å². The molecule has 0 bridgehead atoms. The smallest absolute Gasteiger partial charge is 0.254 e. The van der Waals surface area contributed by atoms with Gasteiger partial charge in [-0.1, -0.05) is 30.9 Å². The Morgan fingerprint density at radius 3 is 2.15 bits per heavy atom.